The van der Waals surface area contributed by atoms with Gasteiger partial charge in [-0.1, -0.05) is 41.4 Å². The van der Waals surface area contributed by atoms with E-state index in [4.69, 9.17) is 37.4 Å². The molecular formula is C45H59Cl2N7O6. The molecule has 3 aromatic carbocycles. The summed E-state index contributed by atoms with van der Waals surface area (Å²) in [4.78, 5) is 51.5. The lowest BCUT2D eigenvalue weighted by Gasteiger charge is -2.49. The Labute approximate surface area is 364 Å². The second-order valence-corrected chi connectivity index (χ2v) is 17.7. The molecule has 3 amide bonds. The number of hydrogen-bond acceptors (Lipinski definition) is 9. The lowest BCUT2D eigenvalue weighted by molar-refractivity contribution is -0.144. The van der Waals surface area contributed by atoms with Gasteiger partial charge in [0.05, 0.1) is 36.6 Å². The monoisotopic (exact) mass is 863 g/mol. The molecule has 0 saturated carbocycles. The first-order valence-corrected chi connectivity index (χ1v) is 20.9. The van der Waals surface area contributed by atoms with E-state index in [1.165, 1.54) is 7.11 Å². The van der Waals surface area contributed by atoms with Gasteiger partial charge in [0.25, 0.3) is 0 Å². The number of methoxy groups -OCH3 is 1. The second kappa shape index (κ2) is 20.3. The molecule has 60 heavy (non-hydrogen) atoms. The zero-order chi connectivity index (χ0) is 43.8. The highest BCUT2D eigenvalue weighted by Gasteiger charge is 2.45. The molecule has 1 aliphatic heterocycles. The molecule has 1 fully saturated rings. The Bertz CT molecular complexity index is 2090. The van der Waals surface area contributed by atoms with E-state index in [0.29, 0.717) is 47.4 Å². The average molecular weight is 865 g/mol. The number of amides is 3. The quantitative estimate of drug-likeness (QED) is 0.119. The predicted molar refractivity (Wildman–Crippen MR) is 235 cm³/mol. The fourth-order valence-electron chi connectivity index (χ4n) is 7.31. The standard InChI is InChI=1S/C45H59Cl2N7O6/c1-30(48-25-33-13-18-35(47)23-39(33)59-36-19-14-32(15-20-36)38-26-49-40(52(38)7)27-51(5)6)41(55)50-37(28-58-9)42(56)53(8)45(24-31-11-16-34(46)17-12-31)21-10-22-54(29-45)43(57)60-44(2,3)4/h11-20,23,26,30,37,48H,10,21-22,24-25,27-29H2,1-9H3,(H,50,55)/t30-,37-,45+/m0/s1. The van der Waals surface area contributed by atoms with E-state index < -0.39 is 29.3 Å². The molecule has 0 bridgehead atoms. The van der Waals surface area contributed by atoms with Crippen LogP contribution in [-0.4, -0.2) is 113 Å². The number of aromatic nitrogens is 2. The third-order valence-electron chi connectivity index (χ3n) is 10.6. The van der Waals surface area contributed by atoms with Gasteiger partial charge >= 0.3 is 6.09 Å². The van der Waals surface area contributed by atoms with Gasteiger partial charge in [-0.15, -0.1) is 0 Å². The summed E-state index contributed by atoms with van der Waals surface area (Å²) in [5.41, 5.74) is 2.25. The number of hydrogen-bond donors (Lipinski definition) is 2. The molecule has 1 aliphatic rings. The maximum atomic E-state index is 14.5. The Kier molecular flexibility index (Phi) is 15.7. The number of ether oxygens (including phenoxy) is 3. The number of carbonyl (C=O) groups is 3. The summed E-state index contributed by atoms with van der Waals surface area (Å²) < 4.78 is 19.6. The summed E-state index contributed by atoms with van der Waals surface area (Å²) in [7, 11) is 9.24. The summed E-state index contributed by atoms with van der Waals surface area (Å²) in [5, 5.41) is 7.30. The van der Waals surface area contributed by atoms with Crippen LogP contribution in [0.2, 0.25) is 10.0 Å². The summed E-state index contributed by atoms with van der Waals surface area (Å²) in [6.07, 6.45) is 3.16. The molecule has 2 heterocycles. The number of nitrogens with one attached hydrogen (secondary N) is 2. The number of halogens is 2. The molecule has 1 saturated heterocycles. The van der Waals surface area contributed by atoms with Gasteiger partial charge in [-0.05, 0) is 115 Å². The van der Waals surface area contributed by atoms with E-state index >= 15 is 0 Å². The first-order chi connectivity index (χ1) is 28.4. The van der Waals surface area contributed by atoms with Crippen LogP contribution in [0.4, 0.5) is 4.79 Å². The van der Waals surface area contributed by atoms with Crippen molar-refractivity contribution in [1.82, 2.24) is 34.9 Å². The normalized spacial score (nSPS) is 16.6. The van der Waals surface area contributed by atoms with E-state index in [1.807, 2.05) is 103 Å². The molecule has 13 nitrogen and oxygen atoms in total. The number of likely N-dealkylation sites (tertiary alicyclic amines) is 1. The molecule has 0 spiro atoms. The van der Waals surface area contributed by atoms with Crippen LogP contribution in [0.5, 0.6) is 11.5 Å². The van der Waals surface area contributed by atoms with Crippen LogP contribution in [0.15, 0.2) is 72.9 Å². The summed E-state index contributed by atoms with van der Waals surface area (Å²) in [6.45, 7) is 8.90. The van der Waals surface area contributed by atoms with Crippen molar-refractivity contribution in [1.29, 1.82) is 0 Å². The van der Waals surface area contributed by atoms with Gasteiger partial charge in [0.1, 0.15) is 29.0 Å². The maximum Gasteiger partial charge on any atom is 0.410 e. The summed E-state index contributed by atoms with van der Waals surface area (Å²) in [6, 6.07) is 18.9. The van der Waals surface area contributed by atoms with Crippen molar-refractivity contribution in [3.05, 3.63) is 99.9 Å². The fraction of sp³-hybridized carbons (Fsp3) is 0.467. The zero-order valence-corrected chi connectivity index (χ0v) is 37.7. The van der Waals surface area contributed by atoms with Crippen LogP contribution in [0.1, 0.15) is 57.5 Å². The van der Waals surface area contributed by atoms with Crippen molar-refractivity contribution >= 4 is 41.1 Å². The van der Waals surface area contributed by atoms with E-state index in [9.17, 15) is 14.4 Å². The number of carbonyl (C=O) groups excluding carboxylic acids is 3. The molecule has 324 valence electrons. The first-order valence-electron chi connectivity index (χ1n) is 20.1. The molecule has 1 aromatic heterocycles. The van der Waals surface area contributed by atoms with Crippen LogP contribution in [0.3, 0.4) is 0 Å². The zero-order valence-electron chi connectivity index (χ0n) is 36.2. The number of piperidine rings is 1. The van der Waals surface area contributed by atoms with E-state index in [0.717, 1.165) is 34.8 Å². The highest BCUT2D eigenvalue weighted by molar-refractivity contribution is 6.31. The van der Waals surface area contributed by atoms with Gasteiger partial charge in [-0.3, -0.25) is 9.59 Å². The molecule has 0 aliphatic carbocycles. The first kappa shape index (κ1) is 46.4. The smallest absolute Gasteiger partial charge is 0.410 e. The largest absolute Gasteiger partial charge is 0.457 e. The van der Waals surface area contributed by atoms with Crippen molar-refractivity contribution in [2.45, 2.75) is 83.3 Å². The number of imidazole rings is 1. The van der Waals surface area contributed by atoms with E-state index in [-0.39, 0.29) is 31.5 Å². The van der Waals surface area contributed by atoms with Crippen molar-refractivity contribution < 1.29 is 28.6 Å². The lowest BCUT2D eigenvalue weighted by Crippen LogP contribution is -2.65. The predicted octanol–water partition coefficient (Wildman–Crippen LogP) is 7.33. The summed E-state index contributed by atoms with van der Waals surface area (Å²) >= 11 is 12.6. The van der Waals surface area contributed by atoms with Crippen LogP contribution >= 0.6 is 23.2 Å². The summed E-state index contributed by atoms with van der Waals surface area (Å²) in [5.74, 6) is 1.40. The van der Waals surface area contributed by atoms with Crippen molar-refractivity contribution in [2.24, 2.45) is 7.05 Å². The minimum atomic E-state index is -1.00. The highest BCUT2D eigenvalue weighted by atomic mass is 35.5. The van der Waals surface area contributed by atoms with Gasteiger partial charge in [0.2, 0.25) is 11.8 Å². The number of benzene rings is 3. The van der Waals surface area contributed by atoms with Crippen LogP contribution in [0, 0.1) is 0 Å². The van der Waals surface area contributed by atoms with E-state index in [2.05, 4.69) is 25.1 Å². The number of rotatable bonds is 16. The Morgan fingerprint density at radius 3 is 2.32 bits per heavy atom. The lowest BCUT2D eigenvalue weighted by atomic mass is 9.81. The van der Waals surface area contributed by atoms with Crippen LogP contribution < -0.4 is 15.4 Å². The average Bonchev–Trinajstić information content (AvgIpc) is 3.55. The second-order valence-electron chi connectivity index (χ2n) is 16.8. The Hall–Kier alpha value is -4.66. The fourth-order valence-corrected chi connectivity index (χ4v) is 7.60. The van der Waals surface area contributed by atoms with Gasteiger partial charge in [0.15, 0.2) is 0 Å². The molecule has 3 atom stereocenters. The number of nitrogens with zero attached hydrogens (tertiary/aromatic N) is 5. The van der Waals surface area contributed by atoms with Gasteiger partial charge in [-0.25, -0.2) is 9.78 Å². The molecule has 5 rings (SSSR count). The maximum absolute atomic E-state index is 14.5. The topological polar surface area (TPSA) is 130 Å². The highest BCUT2D eigenvalue weighted by Crippen LogP contribution is 2.34. The van der Waals surface area contributed by atoms with Gasteiger partial charge < -0.3 is 44.1 Å². The van der Waals surface area contributed by atoms with Gasteiger partial charge in [-0.2, -0.15) is 0 Å². The SMILES string of the molecule is COC[C@H](NC(=O)[C@H](C)NCc1ccc(Cl)cc1Oc1ccc(-c2cnc(CN(C)C)n2C)cc1)C(=O)N(C)[C@@]1(Cc2ccc(Cl)cc2)CCCN(C(=O)OC(C)(C)C)C1. The number of likely N-dealkylation sites (N-methyl/N-ethyl adjacent to an activating group) is 1. The van der Waals surface area contributed by atoms with Crippen molar-refractivity contribution in [3.8, 4) is 22.8 Å². The molecule has 0 unspecified atom stereocenters. The molecule has 0 radical (unpaired) electrons. The molecule has 2 N–H and O–H groups in total. The Balaban J connectivity index is 1.27. The van der Waals surface area contributed by atoms with Crippen molar-refractivity contribution in [2.75, 3.05) is 47.9 Å². The Morgan fingerprint density at radius 1 is 0.983 bits per heavy atom. The van der Waals surface area contributed by atoms with Crippen molar-refractivity contribution in [3.63, 3.8) is 0 Å². The molecular weight excluding hydrogens is 805 g/mol. The van der Waals surface area contributed by atoms with Gasteiger partial charge in [0, 0.05) is 62.0 Å². The van der Waals surface area contributed by atoms with Crippen LogP contribution in [-0.2, 0) is 45.6 Å². The third-order valence-corrected chi connectivity index (χ3v) is 11.1. The Morgan fingerprint density at radius 2 is 1.67 bits per heavy atom. The molecule has 15 heteroatoms. The molecule has 4 aromatic rings. The minimum absolute atomic E-state index is 0.0553. The van der Waals surface area contributed by atoms with E-state index in [1.54, 1.807) is 35.9 Å². The van der Waals surface area contributed by atoms with Crippen LogP contribution in [0.25, 0.3) is 11.3 Å². The third kappa shape index (κ3) is 12.2. The minimum Gasteiger partial charge on any atom is -0.457 e.